The van der Waals surface area contributed by atoms with Gasteiger partial charge < -0.3 is 15.4 Å². The Hall–Kier alpha value is -1.53. The Bertz CT molecular complexity index is 439. The van der Waals surface area contributed by atoms with E-state index < -0.39 is 5.82 Å². The molecule has 2 rings (SSSR count). The molecular weight excluding hydrogens is 237 g/mol. The molecule has 2 heterocycles. The van der Waals surface area contributed by atoms with Crippen molar-refractivity contribution in [3.8, 4) is 0 Å². The smallest absolute Gasteiger partial charge is 0.257 e. The number of carbonyl (C=O) groups is 1. The number of nitrogens with zero attached hydrogens (tertiary/aromatic N) is 2. The number of pyridine rings is 1. The van der Waals surface area contributed by atoms with Gasteiger partial charge in [0.15, 0.2) is 5.82 Å². The quantitative estimate of drug-likeness (QED) is 0.829. The molecule has 0 radical (unpaired) electrons. The minimum absolute atomic E-state index is 0.0373. The van der Waals surface area contributed by atoms with Crippen LogP contribution in [0.5, 0.6) is 0 Å². The number of rotatable bonds is 2. The van der Waals surface area contributed by atoms with E-state index in [2.05, 4.69) is 4.98 Å². The summed E-state index contributed by atoms with van der Waals surface area (Å²) >= 11 is 0. The van der Waals surface area contributed by atoms with E-state index in [-0.39, 0.29) is 23.6 Å². The number of amides is 1. The predicted octanol–water partition coefficient (Wildman–Crippen LogP) is 0.409. The van der Waals surface area contributed by atoms with Crippen LogP contribution < -0.4 is 5.73 Å². The molecule has 0 bridgehead atoms. The molecule has 5 nitrogen and oxygen atoms in total. The van der Waals surface area contributed by atoms with Gasteiger partial charge in [0.25, 0.3) is 5.91 Å². The molecule has 0 aliphatic carbocycles. The van der Waals surface area contributed by atoms with Crippen molar-refractivity contribution in [2.24, 2.45) is 5.73 Å². The maximum atomic E-state index is 13.5. The number of ether oxygens (including phenoxy) is 1. The average molecular weight is 253 g/mol. The fourth-order valence-electron chi connectivity index (χ4n) is 1.90. The zero-order valence-corrected chi connectivity index (χ0v) is 10.2. The first-order chi connectivity index (χ1) is 8.59. The Kier molecular flexibility index (Phi) is 3.88. The fraction of sp³-hybridized carbons (Fsp3) is 0.500. The van der Waals surface area contributed by atoms with Gasteiger partial charge >= 0.3 is 0 Å². The fourth-order valence-corrected chi connectivity index (χ4v) is 1.90. The molecule has 1 aromatic rings. The number of hydrogen-bond acceptors (Lipinski definition) is 4. The van der Waals surface area contributed by atoms with Crippen molar-refractivity contribution in [1.82, 2.24) is 9.88 Å². The Balaban J connectivity index is 2.12. The van der Waals surface area contributed by atoms with Gasteiger partial charge in [-0.25, -0.2) is 4.39 Å². The van der Waals surface area contributed by atoms with Gasteiger partial charge in [-0.05, 0) is 13.0 Å². The Labute approximate surface area is 105 Å². The molecule has 1 saturated heterocycles. The highest BCUT2D eigenvalue weighted by Gasteiger charge is 2.28. The second-order valence-corrected chi connectivity index (χ2v) is 4.38. The van der Waals surface area contributed by atoms with Crippen LogP contribution in [0.3, 0.4) is 0 Å². The summed E-state index contributed by atoms with van der Waals surface area (Å²) in [4.78, 5) is 17.3. The van der Waals surface area contributed by atoms with Gasteiger partial charge in [0, 0.05) is 25.3 Å². The summed E-state index contributed by atoms with van der Waals surface area (Å²) in [5, 5.41) is 0. The number of morpholine rings is 1. The minimum Gasteiger partial charge on any atom is -0.373 e. The van der Waals surface area contributed by atoms with Gasteiger partial charge in [0.05, 0.1) is 24.5 Å². The van der Waals surface area contributed by atoms with Crippen molar-refractivity contribution in [3.05, 3.63) is 29.8 Å². The summed E-state index contributed by atoms with van der Waals surface area (Å²) in [5.41, 5.74) is 5.79. The van der Waals surface area contributed by atoms with Crippen molar-refractivity contribution >= 4 is 5.91 Å². The van der Waals surface area contributed by atoms with Gasteiger partial charge in [-0.2, -0.15) is 0 Å². The molecule has 2 atom stereocenters. The molecule has 18 heavy (non-hydrogen) atoms. The summed E-state index contributed by atoms with van der Waals surface area (Å²) in [6, 6.07) is 1.22. The number of nitrogens with two attached hydrogens (primary N) is 1. The monoisotopic (exact) mass is 253 g/mol. The van der Waals surface area contributed by atoms with Crippen LogP contribution in [0.25, 0.3) is 0 Å². The summed E-state index contributed by atoms with van der Waals surface area (Å²) in [6.45, 7) is 3.08. The van der Waals surface area contributed by atoms with Crippen molar-refractivity contribution in [3.63, 3.8) is 0 Å². The van der Waals surface area contributed by atoms with E-state index in [4.69, 9.17) is 10.5 Å². The third kappa shape index (κ3) is 2.65. The van der Waals surface area contributed by atoms with Gasteiger partial charge in [-0.3, -0.25) is 9.78 Å². The van der Waals surface area contributed by atoms with Crippen molar-refractivity contribution in [1.29, 1.82) is 0 Å². The maximum absolute atomic E-state index is 13.5. The lowest BCUT2D eigenvalue weighted by Crippen LogP contribution is -2.51. The number of hydrogen-bond donors (Lipinski definition) is 1. The highest BCUT2D eigenvalue weighted by Crippen LogP contribution is 2.13. The predicted molar refractivity (Wildman–Crippen MR) is 63.5 cm³/mol. The van der Waals surface area contributed by atoms with Gasteiger partial charge in [-0.1, -0.05) is 0 Å². The van der Waals surface area contributed by atoms with Crippen LogP contribution in [0.1, 0.15) is 17.3 Å². The molecule has 1 aromatic heterocycles. The molecule has 1 amide bonds. The highest BCUT2D eigenvalue weighted by atomic mass is 19.1. The minimum atomic E-state index is -0.605. The third-order valence-electron chi connectivity index (χ3n) is 2.97. The van der Waals surface area contributed by atoms with Gasteiger partial charge in [0.2, 0.25) is 0 Å². The average Bonchev–Trinajstić information content (AvgIpc) is 2.38. The van der Waals surface area contributed by atoms with Crippen LogP contribution in [0.4, 0.5) is 4.39 Å². The Morgan fingerprint density at radius 3 is 3.17 bits per heavy atom. The lowest BCUT2D eigenvalue weighted by Gasteiger charge is -2.34. The first kappa shape index (κ1) is 12.9. The molecule has 1 fully saturated rings. The maximum Gasteiger partial charge on any atom is 0.257 e. The zero-order chi connectivity index (χ0) is 13.1. The highest BCUT2D eigenvalue weighted by molar-refractivity contribution is 5.94. The van der Waals surface area contributed by atoms with Crippen LogP contribution >= 0.6 is 0 Å². The number of aromatic nitrogens is 1. The zero-order valence-electron chi connectivity index (χ0n) is 10.2. The molecular formula is C12H16FN3O2. The topological polar surface area (TPSA) is 68.5 Å². The molecule has 6 heteroatoms. The largest absolute Gasteiger partial charge is 0.373 e. The number of carbonyl (C=O) groups excluding carboxylic acids is 1. The van der Waals surface area contributed by atoms with Crippen LogP contribution in [-0.4, -0.2) is 47.6 Å². The molecule has 2 N–H and O–H groups in total. The summed E-state index contributed by atoms with van der Waals surface area (Å²) in [5.74, 6) is -0.949. The lowest BCUT2D eigenvalue weighted by molar-refractivity contribution is -0.0301. The second-order valence-electron chi connectivity index (χ2n) is 4.38. The Morgan fingerprint density at radius 1 is 1.72 bits per heavy atom. The molecule has 2 unspecified atom stereocenters. The van der Waals surface area contributed by atoms with Crippen molar-refractivity contribution < 1.29 is 13.9 Å². The van der Waals surface area contributed by atoms with E-state index in [1.807, 2.05) is 6.92 Å². The van der Waals surface area contributed by atoms with Gasteiger partial charge in [-0.15, -0.1) is 0 Å². The van der Waals surface area contributed by atoms with Crippen LogP contribution in [0, 0.1) is 5.82 Å². The van der Waals surface area contributed by atoms with Crippen LogP contribution in [0.2, 0.25) is 0 Å². The first-order valence-electron chi connectivity index (χ1n) is 5.85. The molecule has 0 aromatic carbocycles. The first-order valence-corrected chi connectivity index (χ1v) is 5.85. The van der Waals surface area contributed by atoms with E-state index in [9.17, 15) is 9.18 Å². The number of halogens is 1. The molecule has 0 spiro atoms. The van der Waals surface area contributed by atoms with Crippen LogP contribution in [0.15, 0.2) is 18.5 Å². The Morgan fingerprint density at radius 2 is 2.50 bits per heavy atom. The molecule has 0 saturated carbocycles. The second kappa shape index (κ2) is 5.41. The molecule has 98 valence electrons. The molecule has 1 aliphatic heterocycles. The summed E-state index contributed by atoms with van der Waals surface area (Å²) in [7, 11) is 0. The van der Waals surface area contributed by atoms with Crippen molar-refractivity contribution in [2.45, 2.75) is 19.1 Å². The normalized spacial score (nSPS) is 21.7. The van der Waals surface area contributed by atoms with Gasteiger partial charge in [0.1, 0.15) is 0 Å². The van der Waals surface area contributed by atoms with Crippen molar-refractivity contribution in [2.75, 3.05) is 19.7 Å². The molecule has 1 aliphatic rings. The van der Waals surface area contributed by atoms with E-state index in [0.717, 1.165) is 6.20 Å². The summed E-state index contributed by atoms with van der Waals surface area (Å²) < 4.78 is 18.9. The van der Waals surface area contributed by atoms with E-state index in [0.29, 0.717) is 19.7 Å². The van der Waals surface area contributed by atoms with Crippen LogP contribution in [-0.2, 0) is 4.74 Å². The van der Waals surface area contributed by atoms with E-state index in [1.165, 1.54) is 12.3 Å². The standard InChI is InChI=1S/C12H16FN3O2/c1-8(14)11-7-16(4-5-18-11)12(17)9-2-3-15-6-10(9)13/h2-3,6,8,11H,4-5,7,14H2,1H3. The SMILES string of the molecule is CC(N)C1CN(C(=O)c2ccncc2F)CCO1. The van der Waals surface area contributed by atoms with E-state index >= 15 is 0 Å². The van der Waals surface area contributed by atoms with E-state index in [1.54, 1.807) is 4.90 Å². The third-order valence-corrected chi connectivity index (χ3v) is 2.97. The lowest BCUT2D eigenvalue weighted by atomic mass is 10.1. The summed E-state index contributed by atoms with van der Waals surface area (Å²) in [6.07, 6.45) is 2.24.